The van der Waals surface area contributed by atoms with E-state index in [4.69, 9.17) is 14.3 Å². The lowest BCUT2D eigenvalue weighted by Gasteiger charge is -2.31. The molecule has 0 aromatic rings. The molecular formula is C12H19N3O3. The van der Waals surface area contributed by atoms with Gasteiger partial charge in [0.2, 0.25) is 5.88 Å². The van der Waals surface area contributed by atoms with Gasteiger partial charge in [-0.3, -0.25) is 10.3 Å². The van der Waals surface area contributed by atoms with E-state index in [9.17, 15) is 0 Å². The number of ether oxygens (including phenoxy) is 2. The number of hydrogen-bond acceptors (Lipinski definition) is 6. The molecule has 0 radical (unpaired) electrons. The van der Waals surface area contributed by atoms with Gasteiger partial charge in [-0.15, -0.1) is 13.2 Å². The van der Waals surface area contributed by atoms with Gasteiger partial charge >= 0.3 is 0 Å². The van der Waals surface area contributed by atoms with E-state index >= 15 is 0 Å². The molecule has 1 atom stereocenters. The molecule has 0 bridgehead atoms. The van der Waals surface area contributed by atoms with Gasteiger partial charge in [0.05, 0.1) is 13.2 Å². The highest BCUT2D eigenvalue weighted by Gasteiger charge is 2.20. The van der Waals surface area contributed by atoms with Crippen molar-refractivity contribution in [3.63, 3.8) is 0 Å². The van der Waals surface area contributed by atoms with Crippen molar-refractivity contribution in [3.8, 4) is 0 Å². The number of rotatable bonds is 9. The molecule has 0 aromatic heterocycles. The lowest BCUT2D eigenvalue weighted by molar-refractivity contribution is -0.251. The molecule has 1 aliphatic rings. The summed E-state index contributed by atoms with van der Waals surface area (Å²) in [6, 6.07) is 0. The largest absolute Gasteiger partial charge is 0.474 e. The maximum Gasteiger partial charge on any atom is 0.204 e. The Morgan fingerprint density at radius 2 is 1.89 bits per heavy atom. The second-order valence-corrected chi connectivity index (χ2v) is 3.29. The summed E-state index contributed by atoms with van der Waals surface area (Å²) < 4.78 is 10.8. The van der Waals surface area contributed by atoms with Crippen molar-refractivity contribution in [2.45, 2.75) is 6.23 Å². The van der Waals surface area contributed by atoms with Crippen LogP contribution >= 0.6 is 0 Å². The monoisotopic (exact) mass is 253 g/mol. The van der Waals surface area contributed by atoms with E-state index in [0.717, 1.165) is 0 Å². The maximum atomic E-state index is 5.45. The topological polar surface area (TPSA) is 55.0 Å². The number of nitrogens with zero attached hydrogens (tertiary/aromatic N) is 1. The van der Waals surface area contributed by atoms with Gasteiger partial charge in [0.25, 0.3) is 0 Å². The van der Waals surface area contributed by atoms with Crippen LogP contribution < -0.4 is 10.9 Å². The molecule has 6 heteroatoms. The standard InChI is InChI=1S/C12H19N3O3/c1-4-7-16-11-10-12(17-8-5-2)14-15(13-11)18-9-6-3/h4-6,10-11,13-14H,1-3,7-9H2. The minimum absolute atomic E-state index is 0.350. The quantitative estimate of drug-likeness (QED) is 0.598. The fourth-order valence-corrected chi connectivity index (χ4v) is 1.14. The second kappa shape index (κ2) is 8.48. The first kappa shape index (κ1) is 14.5. The van der Waals surface area contributed by atoms with E-state index in [0.29, 0.717) is 25.7 Å². The van der Waals surface area contributed by atoms with Crippen molar-refractivity contribution in [1.29, 1.82) is 0 Å². The number of hydrazine groups is 2. The second-order valence-electron chi connectivity index (χ2n) is 3.29. The van der Waals surface area contributed by atoms with Gasteiger partial charge in [-0.25, -0.2) is 0 Å². The first-order valence-electron chi connectivity index (χ1n) is 5.55. The minimum atomic E-state index is -0.367. The van der Waals surface area contributed by atoms with Crippen LogP contribution in [0.4, 0.5) is 0 Å². The average molecular weight is 253 g/mol. The third kappa shape index (κ3) is 5.15. The highest BCUT2D eigenvalue weighted by atomic mass is 16.8. The number of hydrogen-bond donors (Lipinski definition) is 2. The predicted octanol–water partition coefficient (Wildman–Crippen LogP) is 1.00. The summed E-state index contributed by atoms with van der Waals surface area (Å²) in [5.41, 5.74) is 5.80. The molecule has 100 valence electrons. The summed E-state index contributed by atoms with van der Waals surface area (Å²) in [7, 11) is 0. The van der Waals surface area contributed by atoms with Gasteiger partial charge < -0.3 is 9.47 Å². The van der Waals surface area contributed by atoms with E-state index in [-0.39, 0.29) is 6.23 Å². The van der Waals surface area contributed by atoms with Gasteiger partial charge in [0, 0.05) is 6.08 Å². The van der Waals surface area contributed by atoms with Crippen LogP contribution in [0.2, 0.25) is 0 Å². The Morgan fingerprint density at radius 1 is 1.17 bits per heavy atom. The van der Waals surface area contributed by atoms with Crippen molar-refractivity contribution < 1.29 is 14.3 Å². The zero-order valence-electron chi connectivity index (χ0n) is 10.3. The van der Waals surface area contributed by atoms with Gasteiger partial charge in [-0.05, 0) is 5.28 Å². The molecule has 0 amide bonds. The zero-order valence-corrected chi connectivity index (χ0v) is 10.3. The van der Waals surface area contributed by atoms with Crippen molar-refractivity contribution in [2.24, 2.45) is 0 Å². The molecule has 0 aromatic carbocycles. The molecule has 1 heterocycles. The first-order valence-corrected chi connectivity index (χ1v) is 5.55. The molecule has 0 saturated carbocycles. The molecule has 18 heavy (non-hydrogen) atoms. The average Bonchev–Trinajstić information content (AvgIpc) is 2.40. The third-order valence-corrected chi connectivity index (χ3v) is 1.83. The van der Waals surface area contributed by atoms with E-state index in [1.165, 1.54) is 5.28 Å². The Morgan fingerprint density at radius 3 is 2.56 bits per heavy atom. The molecular weight excluding hydrogens is 234 g/mol. The highest BCUT2D eigenvalue weighted by molar-refractivity contribution is 4.97. The van der Waals surface area contributed by atoms with E-state index in [1.54, 1.807) is 24.3 Å². The van der Waals surface area contributed by atoms with E-state index in [2.05, 4.69) is 30.6 Å². The van der Waals surface area contributed by atoms with Crippen molar-refractivity contribution in [2.75, 3.05) is 19.8 Å². The summed E-state index contributed by atoms with van der Waals surface area (Å²) in [5.74, 6) is 0.520. The van der Waals surface area contributed by atoms with Crippen molar-refractivity contribution in [1.82, 2.24) is 16.1 Å². The Balaban J connectivity index is 2.55. The Labute approximate surface area is 107 Å². The van der Waals surface area contributed by atoms with Crippen LogP contribution in [0.25, 0.3) is 0 Å². The van der Waals surface area contributed by atoms with Crippen LogP contribution in [-0.4, -0.2) is 31.3 Å². The van der Waals surface area contributed by atoms with Crippen LogP contribution in [0.15, 0.2) is 49.9 Å². The Bertz CT molecular complexity index is 318. The molecule has 0 aliphatic carbocycles. The molecule has 0 saturated heterocycles. The molecule has 0 fully saturated rings. The Kier molecular flexibility index (Phi) is 6.82. The molecule has 2 N–H and O–H groups in total. The molecule has 1 unspecified atom stereocenters. The van der Waals surface area contributed by atoms with E-state index in [1.807, 2.05) is 0 Å². The van der Waals surface area contributed by atoms with Crippen LogP contribution in [0.1, 0.15) is 0 Å². The van der Waals surface area contributed by atoms with Gasteiger partial charge in [-0.2, -0.15) is 5.43 Å². The van der Waals surface area contributed by atoms with Gasteiger partial charge in [0.1, 0.15) is 12.8 Å². The molecule has 6 nitrogen and oxygen atoms in total. The molecule has 1 aliphatic heterocycles. The third-order valence-electron chi connectivity index (χ3n) is 1.83. The normalized spacial score (nSPS) is 19.6. The smallest absolute Gasteiger partial charge is 0.204 e. The number of nitrogens with one attached hydrogen (secondary N) is 2. The fourth-order valence-electron chi connectivity index (χ4n) is 1.14. The van der Waals surface area contributed by atoms with Crippen LogP contribution in [0.3, 0.4) is 0 Å². The van der Waals surface area contributed by atoms with Gasteiger partial charge in [0.15, 0.2) is 0 Å². The van der Waals surface area contributed by atoms with Crippen molar-refractivity contribution >= 4 is 0 Å². The fraction of sp³-hybridized carbons (Fsp3) is 0.333. The van der Waals surface area contributed by atoms with Crippen LogP contribution in [-0.2, 0) is 14.3 Å². The zero-order chi connectivity index (χ0) is 13.2. The van der Waals surface area contributed by atoms with Crippen LogP contribution in [0.5, 0.6) is 0 Å². The first-order chi connectivity index (χ1) is 8.80. The van der Waals surface area contributed by atoms with Crippen molar-refractivity contribution in [3.05, 3.63) is 49.9 Å². The SMILES string of the molecule is C=CCOC1=CC(OCC=C)NN(OCC=C)N1. The Hall–Kier alpha value is -1.60. The molecule has 0 spiro atoms. The van der Waals surface area contributed by atoms with Crippen LogP contribution in [0, 0.1) is 0 Å². The summed E-state index contributed by atoms with van der Waals surface area (Å²) in [6.45, 7) is 11.9. The highest BCUT2D eigenvalue weighted by Crippen LogP contribution is 2.06. The maximum absolute atomic E-state index is 5.45. The summed E-state index contributed by atoms with van der Waals surface area (Å²) in [4.78, 5) is 5.29. The lowest BCUT2D eigenvalue weighted by atomic mass is 10.5. The summed E-state index contributed by atoms with van der Waals surface area (Å²) in [5, 5.41) is 1.31. The minimum Gasteiger partial charge on any atom is -0.474 e. The summed E-state index contributed by atoms with van der Waals surface area (Å²) in [6.07, 6.45) is 6.33. The predicted molar refractivity (Wildman–Crippen MR) is 68.4 cm³/mol. The lowest BCUT2D eigenvalue weighted by Crippen LogP contribution is -2.56. The van der Waals surface area contributed by atoms with E-state index < -0.39 is 0 Å². The van der Waals surface area contributed by atoms with Gasteiger partial charge in [-0.1, -0.05) is 24.8 Å². The molecule has 1 rings (SSSR count). The summed E-state index contributed by atoms with van der Waals surface area (Å²) >= 11 is 0.